The molecule has 0 aliphatic carbocycles. The molecule has 8 nitrogen and oxygen atoms in total. The largest absolute Gasteiger partial charge is 0.340 e. The second-order valence-corrected chi connectivity index (χ2v) is 8.34. The predicted octanol–water partition coefficient (Wildman–Crippen LogP) is 3.82. The van der Waals surface area contributed by atoms with Crippen LogP contribution in [0.5, 0.6) is 0 Å². The number of halogens is 1. The Morgan fingerprint density at radius 1 is 1.00 bits per heavy atom. The van der Waals surface area contributed by atoms with E-state index in [-0.39, 0.29) is 6.42 Å². The number of anilines is 2. The smallest absolute Gasteiger partial charge is 0.254 e. The highest BCUT2D eigenvalue weighted by Crippen LogP contribution is 2.28. The Kier molecular flexibility index (Phi) is 5.73. The lowest BCUT2D eigenvalue weighted by molar-refractivity contribution is -0.122. The minimum absolute atomic E-state index is 0.256. The molecule has 0 spiro atoms. The molecule has 4 aromatic rings. The standard InChI is InChI=1S/C25H20ClN5O3/c26-17-10-6-12-19-22(17)31(14-15-7-2-1-3-8-15)25(29-19)30-21(32)13-20-24(34)27-18-11-5-4-9-16(18)23(33)28-20/h1-12,20H,13-14H2,(H,27,34)(H,28,33)(H,29,30,32)/t20-/m0/s1. The van der Waals surface area contributed by atoms with Crippen LogP contribution < -0.4 is 16.0 Å². The molecule has 2 heterocycles. The van der Waals surface area contributed by atoms with E-state index in [4.69, 9.17) is 11.6 Å². The van der Waals surface area contributed by atoms with E-state index in [9.17, 15) is 14.4 Å². The molecule has 34 heavy (non-hydrogen) atoms. The number of nitrogens with zero attached hydrogens (tertiary/aromatic N) is 2. The maximum atomic E-state index is 13.0. The van der Waals surface area contributed by atoms with Gasteiger partial charge in [0.2, 0.25) is 17.8 Å². The number of amides is 3. The van der Waals surface area contributed by atoms with Crippen LogP contribution in [-0.4, -0.2) is 33.3 Å². The number of benzene rings is 3. The van der Waals surface area contributed by atoms with Gasteiger partial charge in [-0.3, -0.25) is 19.7 Å². The molecule has 0 saturated carbocycles. The lowest BCUT2D eigenvalue weighted by atomic mass is 10.1. The van der Waals surface area contributed by atoms with Gasteiger partial charge in [-0.2, -0.15) is 0 Å². The highest BCUT2D eigenvalue weighted by molar-refractivity contribution is 6.35. The van der Waals surface area contributed by atoms with Gasteiger partial charge < -0.3 is 15.2 Å². The highest BCUT2D eigenvalue weighted by Gasteiger charge is 2.30. The summed E-state index contributed by atoms with van der Waals surface area (Å²) < 4.78 is 1.83. The Morgan fingerprint density at radius 2 is 1.76 bits per heavy atom. The van der Waals surface area contributed by atoms with Gasteiger partial charge in [0, 0.05) is 0 Å². The van der Waals surface area contributed by atoms with Gasteiger partial charge in [-0.05, 0) is 29.8 Å². The van der Waals surface area contributed by atoms with E-state index in [0.29, 0.717) is 39.8 Å². The van der Waals surface area contributed by atoms with Crippen LogP contribution in [-0.2, 0) is 16.1 Å². The fourth-order valence-electron chi connectivity index (χ4n) is 3.97. The minimum Gasteiger partial charge on any atom is -0.340 e. The first-order valence-electron chi connectivity index (χ1n) is 10.7. The number of rotatable bonds is 5. The van der Waals surface area contributed by atoms with E-state index in [0.717, 1.165) is 5.56 Å². The molecule has 3 N–H and O–H groups in total. The van der Waals surface area contributed by atoms with Crippen molar-refractivity contribution in [1.29, 1.82) is 0 Å². The quantitative estimate of drug-likeness (QED) is 0.410. The lowest BCUT2D eigenvalue weighted by Gasteiger charge is -2.15. The van der Waals surface area contributed by atoms with E-state index >= 15 is 0 Å². The second-order valence-electron chi connectivity index (χ2n) is 7.93. The van der Waals surface area contributed by atoms with Gasteiger partial charge in [-0.1, -0.05) is 60.1 Å². The maximum Gasteiger partial charge on any atom is 0.254 e. The first kappa shape index (κ1) is 21.7. The number of fused-ring (bicyclic) bond motifs is 2. The summed E-state index contributed by atoms with van der Waals surface area (Å²) in [7, 11) is 0. The topological polar surface area (TPSA) is 105 Å². The average molecular weight is 474 g/mol. The molecule has 1 aliphatic heterocycles. The van der Waals surface area contributed by atoms with Crippen molar-refractivity contribution in [1.82, 2.24) is 14.9 Å². The van der Waals surface area contributed by atoms with E-state index < -0.39 is 23.8 Å². The number of imidazole rings is 1. The summed E-state index contributed by atoms with van der Waals surface area (Å²) >= 11 is 6.46. The van der Waals surface area contributed by atoms with Gasteiger partial charge in [0.1, 0.15) is 6.04 Å². The van der Waals surface area contributed by atoms with Crippen molar-refractivity contribution in [2.24, 2.45) is 0 Å². The zero-order valence-electron chi connectivity index (χ0n) is 17.9. The molecule has 0 unspecified atom stereocenters. The van der Waals surface area contributed by atoms with Crippen LogP contribution in [0.2, 0.25) is 5.02 Å². The van der Waals surface area contributed by atoms with Crippen molar-refractivity contribution in [2.45, 2.75) is 19.0 Å². The Labute approximate surface area is 199 Å². The number of hydrogen-bond donors (Lipinski definition) is 3. The predicted molar refractivity (Wildman–Crippen MR) is 130 cm³/mol. The van der Waals surface area contributed by atoms with Crippen molar-refractivity contribution >= 4 is 52.0 Å². The zero-order chi connectivity index (χ0) is 23.7. The number of carbonyl (C=O) groups is 3. The average Bonchev–Trinajstić information content (AvgIpc) is 3.11. The fraction of sp³-hybridized carbons (Fsp3) is 0.120. The van der Waals surface area contributed by atoms with Crippen molar-refractivity contribution in [3.63, 3.8) is 0 Å². The molecule has 1 atom stereocenters. The van der Waals surface area contributed by atoms with Gasteiger partial charge in [0.15, 0.2) is 0 Å². The monoisotopic (exact) mass is 473 g/mol. The van der Waals surface area contributed by atoms with Crippen LogP contribution in [0.1, 0.15) is 22.3 Å². The summed E-state index contributed by atoms with van der Waals surface area (Å²) in [6.07, 6.45) is -0.256. The molecule has 0 radical (unpaired) electrons. The normalized spacial score (nSPS) is 15.3. The van der Waals surface area contributed by atoms with E-state index in [2.05, 4.69) is 20.9 Å². The second kappa shape index (κ2) is 8.99. The number of nitrogens with one attached hydrogen (secondary N) is 3. The fourth-order valence-corrected chi connectivity index (χ4v) is 4.25. The van der Waals surface area contributed by atoms with Crippen LogP contribution >= 0.6 is 11.6 Å². The molecule has 0 saturated heterocycles. The van der Waals surface area contributed by atoms with Gasteiger partial charge in [0.25, 0.3) is 5.91 Å². The zero-order valence-corrected chi connectivity index (χ0v) is 18.7. The molecule has 0 fully saturated rings. The summed E-state index contributed by atoms with van der Waals surface area (Å²) in [5.74, 6) is -1.04. The number of aromatic nitrogens is 2. The van der Waals surface area contributed by atoms with Crippen LogP contribution in [0.4, 0.5) is 11.6 Å². The third kappa shape index (κ3) is 4.23. The molecule has 3 aromatic carbocycles. The molecule has 1 aromatic heterocycles. The molecule has 9 heteroatoms. The third-order valence-corrected chi connectivity index (χ3v) is 5.90. The van der Waals surface area contributed by atoms with Gasteiger partial charge in [0.05, 0.1) is 40.3 Å². The van der Waals surface area contributed by atoms with Crippen molar-refractivity contribution < 1.29 is 14.4 Å². The first-order valence-corrected chi connectivity index (χ1v) is 11.1. The SMILES string of the molecule is O=C(C[C@@H]1NC(=O)c2ccccc2NC1=O)Nc1nc2cccc(Cl)c2n1Cc1ccccc1. The molecule has 1 aliphatic rings. The summed E-state index contributed by atoms with van der Waals surface area (Å²) in [5.41, 5.74) is 3.09. The third-order valence-electron chi connectivity index (χ3n) is 5.59. The summed E-state index contributed by atoms with van der Waals surface area (Å²) in [6.45, 7) is 0.437. The van der Waals surface area contributed by atoms with Crippen molar-refractivity contribution in [3.05, 3.63) is 88.9 Å². The van der Waals surface area contributed by atoms with Gasteiger partial charge >= 0.3 is 0 Å². The highest BCUT2D eigenvalue weighted by atomic mass is 35.5. The Bertz CT molecular complexity index is 1420. The van der Waals surface area contributed by atoms with E-state index in [1.165, 1.54) is 0 Å². The summed E-state index contributed by atoms with van der Waals surface area (Å²) in [6, 6.07) is 20.8. The number of para-hydroxylation sites is 2. The van der Waals surface area contributed by atoms with Crippen LogP contribution in [0.15, 0.2) is 72.8 Å². The maximum absolute atomic E-state index is 13.0. The van der Waals surface area contributed by atoms with E-state index in [1.807, 2.05) is 41.0 Å². The Morgan fingerprint density at radius 3 is 2.59 bits per heavy atom. The molecule has 3 amide bonds. The lowest BCUT2D eigenvalue weighted by Crippen LogP contribution is -2.43. The van der Waals surface area contributed by atoms with Crippen molar-refractivity contribution in [3.8, 4) is 0 Å². The summed E-state index contributed by atoms with van der Waals surface area (Å²) in [5, 5.41) is 8.64. The molecule has 5 rings (SSSR count). The number of hydrogen-bond acceptors (Lipinski definition) is 4. The molecular formula is C25H20ClN5O3. The first-order chi connectivity index (χ1) is 16.5. The minimum atomic E-state index is -1.03. The Hall–Kier alpha value is -4.17. The van der Waals surface area contributed by atoms with Gasteiger partial charge in [-0.15, -0.1) is 0 Å². The van der Waals surface area contributed by atoms with Gasteiger partial charge in [-0.25, -0.2) is 4.98 Å². The molecular weight excluding hydrogens is 454 g/mol. The molecule has 0 bridgehead atoms. The summed E-state index contributed by atoms with van der Waals surface area (Å²) in [4.78, 5) is 42.7. The van der Waals surface area contributed by atoms with E-state index in [1.54, 1.807) is 36.4 Å². The van der Waals surface area contributed by atoms with Crippen LogP contribution in [0, 0.1) is 0 Å². The van der Waals surface area contributed by atoms with Crippen molar-refractivity contribution in [2.75, 3.05) is 10.6 Å². The molecule has 170 valence electrons. The van der Waals surface area contributed by atoms with Crippen LogP contribution in [0.3, 0.4) is 0 Å². The number of carbonyl (C=O) groups excluding carboxylic acids is 3. The Balaban J connectivity index is 1.40. The van der Waals surface area contributed by atoms with Crippen LogP contribution in [0.25, 0.3) is 11.0 Å².